The molecule has 9 heteroatoms. The van der Waals surface area contributed by atoms with Crippen LogP contribution in [0.25, 0.3) is 0 Å². The van der Waals surface area contributed by atoms with Crippen molar-refractivity contribution in [1.29, 1.82) is 0 Å². The topological polar surface area (TPSA) is 70.2 Å². The second kappa shape index (κ2) is 7.09. The van der Waals surface area contributed by atoms with Gasteiger partial charge < -0.3 is 15.5 Å². The maximum atomic E-state index is 12.8. The molecule has 2 N–H and O–H groups in total. The van der Waals surface area contributed by atoms with Gasteiger partial charge in [-0.15, -0.1) is 0 Å². The van der Waals surface area contributed by atoms with E-state index in [1.54, 1.807) is 13.8 Å². The molecule has 0 fully saturated rings. The van der Waals surface area contributed by atoms with E-state index >= 15 is 0 Å². The van der Waals surface area contributed by atoms with Crippen LogP contribution in [0.4, 0.5) is 24.9 Å². The Morgan fingerprint density at radius 3 is 2.48 bits per heavy atom. The van der Waals surface area contributed by atoms with Crippen molar-refractivity contribution < 1.29 is 18.0 Å². The first kappa shape index (κ1) is 17.0. The smallest absolute Gasteiger partial charge is 0.355 e. The van der Waals surface area contributed by atoms with Crippen molar-refractivity contribution in [3.05, 3.63) is 11.8 Å². The van der Waals surface area contributed by atoms with Crippen LogP contribution in [-0.4, -0.2) is 42.6 Å². The molecule has 1 amide bonds. The third-order valence-electron chi connectivity index (χ3n) is 2.48. The van der Waals surface area contributed by atoms with E-state index in [9.17, 15) is 18.0 Å². The molecule has 0 bridgehead atoms. The number of nitrogens with zero attached hydrogens (tertiary/aromatic N) is 3. The highest BCUT2D eigenvalue weighted by Gasteiger charge is 2.34. The van der Waals surface area contributed by atoms with Gasteiger partial charge in [0.1, 0.15) is 5.82 Å². The average Bonchev–Trinajstić information content (AvgIpc) is 2.38. The lowest BCUT2D eigenvalue weighted by Gasteiger charge is -2.19. The summed E-state index contributed by atoms with van der Waals surface area (Å²) in [5, 5.41) is 5.21. The molecule has 0 aliphatic heterocycles. The van der Waals surface area contributed by atoms with Gasteiger partial charge in [-0.1, -0.05) is 0 Å². The van der Waals surface area contributed by atoms with Gasteiger partial charge in [-0.3, -0.25) is 4.79 Å². The van der Waals surface area contributed by atoms with E-state index in [0.717, 1.165) is 6.07 Å². The number of hydrogen-bond donors (Lipinski definition) is 2. The number of anilines is 2. The zero-order valence-corrected chi connectivity index (χ0v) is 12.1. The summed E-state index contributed by atoms with van der Waals surface area (Å²) in [6.07, 6.45) is -4.58. The molecule has 0 aliphatic carbocycles. The molecule has 0 spiro atoms. The zero-order chi connectivity index (χ0) is 16.0. The Kier molecular flexibility index (Phi) is 5.74. The summed E-state index contributed by atoms with van der Waals surface area (Å²) in [6.45, 7) is 4.23. The summed E-state index contributed by atoms with van der Waals surface area (Å²) in [6, 6.07) is 0.820. The van der Waals surface area contributed by atoms with E-state index in [4.69, 9.17) is 0 Å². The molecule has 21 heavy (non-hydrogen) atoms. The maximum absolute atomic E-state index is 12.8. The highest BCUT2D eigenvalue weighted by atomic mass is 19.4. The van der Waals surface area contributed by atoms with Crippen molar-refractivity contribution in [1.82, 2.24) is 15.3 Å². The Morgan fingerprint density at radius 1 is 1.29 bits per heavy atom. The minimum Gasteiger partial charge on any atom is -0.355 e. The predicted octanol–water partition coefficient (Wildman–Crippen LogP) is 1.50. The van der Waals surface area contributed by atoms with Crippen LogP contribution in [0.2, 0.25) is 0 Å². The first-order valence-corrected chi connectivity index (χ1v) is 6.45. The first-order valence-electron chi connectivity index (χ1n) is 6.45. The molecule has 0 saturated heterocycles. The normalized spacial score (nSPS) is 11.1. The number of amides is 1. The van der Waals surface area contributed by atoms with Crippen LogP contribution in [0, 0.1) is 0 Å². The minimum atomic E-state index is -4.58. The van der Waals surface area contributed by atoms with Crippen molar-refractivity contribution in [2.45, 2.75) is 20.0 Å². The van der Waals surface area contributed by atoms with Crippen LogP contribution in [0.1, 0.15) is 19.5 Å². The van der Waals surface area contributed by atoms with Crippen LogP contribution in [0.15, 0.2) is 6.07 Å². The van der Waals surface area contributed by atoms with E-state index in [0.29, 0.717) is 13.1 Å². The number of likely N-dealkylation sites (N-methyl/N-ethyl adjacent to an activating group) is 2. The van der Waals surface area contributed by atoms with Crippen LogP contribution < -0.4 is 15.5 Å². The van der Waals surface area contributed by atoms with Gasteiger partial charge in [0, 0.05) is 26.2 Å². The van der Waals surface area contributed by atoms with Gasteiger partial charge in [0.15, 0.2) is 5.69 Å². The molecule has 0 aromatic carbocycles. The molecule has 1 rings (SSSR count). The predicted molar refractivity (Wildman–Crippen MR) is 73.2 cm³/mol. The number of nitrogens with one attached hydrogen (secondary N) is 2. The lowest BCUT2D eigenvalue weighted by Crippen LogP contribution is -2.35. The van der Waals surface area contributed by atoms with Gasteiger partial charge in [0.05, 0.1) is 6.54 Å². The Bertz CT molecular complexity index is 492. The summed E-state index contributed by atoms with van der Waals surface area (Å²) in [4.78, 5) is 20.2. The SMILES string of the molecule is CCNC(=O)CN(C)c1cc(C(F)(F)F)nc(NCC)n1. The van der Waals surface area contributed by atoms with Crippen molar-refractivity contribution in [3.63, 3.8) is 0 Å². The van der Waals surface area contributed by atoms with Gasteiger partial charge in [-0.05, 0) is 13.8 Å². The van der Waals surface area contributed by atoms with Crippen molar-refractivity contribution >= 4 is 17.7 Å². The molecule has 1 aromatic rings. The molecule has 1 aromatic heterocycles. The summed E-state index contributed by atoms with van der Waals surface area (Å²) >= 11 is 0. The third kappa shape index (κ3) is 5.09. The summed E-state index contributed by atoms with van der Waals surface area (Å²) in [5.74, 6) is -0.387. The number of halogens is 3. The molecule has 0 unspecified atom stereocenters. The molecule has 6 nitrogen and oxygen atoms in total. The van der Waals surface area contributed by atoms with Gasteiger partial charge in [0.25, 0.3) is 0 Å². The van der Waals surface area contributed by atoms with Crippen molar-refractivity contribution in [2.24, 2.45) is 0 Å². The van der Waals surface area contributed by atoms with Gasteiger partial charge in [-0.25, -0.2) is 4.98 Å². The van der Waals surface area contributed by atoms with E-state index < -0.39 is 11.9 Å². The molecule has 1 heterocycles. The standard InChI is InChI=1S/C12H18F3N5O/c1-4-16-10(21)7-20(3)9-6-8(12(13,14)15)18-11(19-9)17-5-2/h6H,4-5,7H2,1-3H3,(H,16,21)(H,17,18,19). The highest BCUT2D eigenvalue weighted by Crippen LogP contribution is 2.30. The fourth-order valence-corrected chi connectivity index (χ4v) is 1.56. The summed E-state index contributed by atoms with van der Waals surface area (Å²) in [5.41, 5.74) is -1.05. The molecule has 0 radical (unpaired) electrons. The molecule has 0 saturated carbocycles. The van der Waals surface area contributed by atoms with E-state index in [1.165, 1.54) is 11.9 Å². The molecule has 0 atom stereocenters. The van der Waals surface area contributed by atoms with Gasteiger partial charge in [-0.2, -0.15) is 18.2 Å². The van der Waals surface area contributed by atoms with E-state index in [-0.39, 0.29) is 24.2 Å². The van der Waals surface area contributed by atoms with Crippen LogP contribution in [0.5, 0.6) is 0 Å². The second-order valence-electron chi connectivity index (χ2n) is 4.27. The zero-order valence-electron chi connectivity index (χ0n) is 12.1. The first-order chi connectivity index (χ1) is 9.77. The number of rotatable bonds is 6. The van der Waals surface area contributed by atoms with Gasteiger partial charge >= 0.3 is 6.18 Å². The van der Waals surface area contributed by atoms with Crippen LogP contribution in [-0.2, 0) is 11.0 Å². The quantitative estimate of drug-likeness (QED) is 0.833. The largest absolute Gasteiger partial charge is 0.433 e. The minimum absolute atomic E-state index is 0.0273. The molecular weight excluding hydrogens is 287 g/mol. The Labute approximate surface area is 120 Å². The fraction of sp³-hybridized carbons (Fsp3) is 0.583. The van der Waals surface area contributed by atoms with Crippen molar-refractivity contribution in [2.75, 3.05) is 36.9 Å². The third-order valence-corrected chi connectivity index (χ3v) is 2.48. The van der Waals surface area contributed by atoms with E-state index in [2.05, 4.69) is 20.6 Å². The van der Waals surface area contributed by atoms with Gasteiger partial charge in [0.2, 0.25) is 11.9 Å². The Hall–Kier alpha value is -2.06. The summed E-state index contributed by atoms with van der Waals surface area (Å²) in [7, 11) is 1.49. The number of alkyl halides is 3. The number of aromatic nitrogens is 2. The maximum Gasteiger partial charge on any atom is 0.433 e. The molecule has 0 aliphatic rings. The van der Waals surface area contributed by atoms with E-state index in [1.807, 2.05) is 0 Å². The average molecular weight is 305 g/mol. The highest BCUT2D eigenvalue weighted by molar-refractivity contribution is 5.80. The number of hydrogen-bond acceptors (Lipinski definition) is 5. The Morgan fingerprint density at radius 2 is 1.95 bits per heavy atom. The van der Waals surface area contributed by atoms with Crippen LogP contribution >= 0.6 is 0 Å². The fourth-order valence-electron chi connectivity index (χ4n) is 1.56. The second-order valence-corrected chi connectivity index (χ2v) is 4.27. The summed E-state index contributed by atoms with van der Waals surface area (Å²) < 4.78 is 38.5. The lowest BCUT2D eigenvalue weighted by atomic mass is 10.3. The number of carbonyl (C=O) groups excluding carboxylic acids is 1. The molecule has 118 valence electrons. The number of carbonyl (C=O) groups is 1. The lowest BCUT2D eigenvalue weighted by molar-refractivity contribution is -0.141. The Balaban J connectivity index is 3.04. The molecular formula is C12H18F3N5O. The monoisotopic (exact) mass is 305 g/mol. The van der Waals surface area contributed by atoms with Crippen molar-refractivity contribution in [3.8, 4) is 0 Å². The van der Waals surface area contributed by atoms with Crippen LogP contribution in [0.3, 0.4) is 0 Å².